The maximum absolute atomic E-state index is 13.0. The second kappa shape index (κ2) is 10.3. The predicted octanol–water partition coefficient (Wildman–Crippen LogP) is 2.34. The molecule has 0 bridgehead atoms. The van der Waals surface area contributed by atoms with Crippen LogP contribution in [0, 0.1) is 0 Å². The average Bonchev–Trinajstić information content (AvgIpc) is 2.63. The van der Waals surface area contributed by atoms with Gasteiger partial charge in [0.05, 0.1) is 6.17 Å². The molecule has 1 aliphatic heterocycles. The van der Waals surface area contributed by atoms with Crippen molar-refractivity contribution < 1.29 is 19.1 Å². The standard InChI is InChI=1S/C21H32N4O4/c1-15(27)22-12-13-23-18-11-9-16-8-10-17(7-5-6-14-26)24-19(16)25(18)20(28)29-21(2,3)4/h8,10,14,18,23H,5-7,9,11-13H2,1-4H3,(H,22,27). The molecule has 2 heterocycles. The summed E-state index contributed by atoms with van der Waals surface area (Å²) in [5.74, 6) is 0.512. The van der Waals surface area contributed by atoms with E-state index in [0.29, 0.717) is 31.7 Å². The zero-order chi connectivity index (χ0) is 21.4. The molecule has 1 unspecified atom stereocenters. The second-order valence-corrected chi connectivity index (χ2v) is 8.19. The van der Waals surface area contributed by atoms with Crippen molar-refractivity contribution in [1.82, 2.24) is 15.6 Å². The predicted molar refractivity (Wildman–Crippen MR) is 111 cm³/mol. The summed E-state index contributed by atoms with van der Waals surface area (Å²) in [6.07, 6.45) is 3.57. The molecule has 0 saturated heterocycles. The molecule has 1 aromatic heterocycles. The quantitative estimate of drug-likeness (QED) is 0.509. The van der Waals surface area contributed by atoms with E-state index in [1.54, 1.807) is 4.90 Å². The number of unbranched alkanes of at least 4 members (excludes halogenated alkanes) is 1. The van der Waals surface area contributed by atoms with Crippen LogP contribution in [0.2, 0.25) is 0 Å². The van der Waals surface area contributed by atoms with Gasteiger partial charge in [0.1, 0.15) is 17.7 Å². The van der Waals surface area contributed by atoms with Gasteiger partial charge in [0.2, 0.25) is 5.91 Å². The van der Waals surface area contributed by atoms with Gasteiger partial charge in [-0.1, -0.05) is 6.07 Å². The number of pyridine rings is 1. The molecule has 2 N–H and O–H groups in total. The lowest BCUT2D eigenvalue weighted by atomic mass is 10.0. The highest BCUT2D eigenvalue weighted by Gasteiger charge is 2.35. The van der Waals surface area contributed by atoms with Crippen LogP contribution in [0.15, 0.2) is 12.1 Å². The third-order valence-electron chi connectivity index (χ3n) is 4.46. The van der Waals surface area contributed by atoms with Crippen molar-refractivity contribution in [3.63, 3.8) is 0 Å². The minimum atomic E-state index is -0.628. The van der Waals surface area contributed by atoms with Crippen LogP contribution in [0.1, 0.15) is 58.2 Å². The summed E-state index contributed by atoms with van der Waals surface area (Å²) < 4.78 is 5.64. The summed E-state index contributed by atoms with van der Waals surface area (Å²) in [5.41, 5.74) is 1.21. The van der Waals surface area contributed by atoms with Crippen molar-refractivity contribution in [3.05, 3.63) is 23.4 Å². The van der Waals surface area contributed by atoms with Crippen molar-refractivity contribution in [2.75, 3.05) is 18.0 Å². The number of amides is 2. The van der Waals surface area contributed by atoms with Crippen molar-refractivity contribution in [2.45, 2.75) is 71.6 Å². The van der Waals surface area contributed by atoms with Gasteiger partial charge in [-0.2, -0.15) is 0 Å². The molecule has 1 aromatic rings. The first-order chi connectivity index (χ1) is 13.7. The number of ether oxygens (including phenoxy) is 1. The van der Waals surface area contributed by atoms with Gasteiger partial charge in [0.25, 0.3) is 0 Å². The van der Waals surface area contributed by atoms with E-state index in [1.807, 2.05) is 32.9 Å². The van der Waals surface area contributed by atoms with Crippen LogP contribution in [0.3, 0.4) is 0 Å². The Kier molecular flexibility index (Phi) is 8.13. The highest BCUT2D eigenvalue weighted by molar-refractivity contribution is 5.88. The highest BCUT2D eigenvalue weighted by atomic mass is 16.6. The number of aromatic nitrogens is 1. The van der Waals surface area contributed by atoms with Crippen molar-refractivity contribution in [1.29, 1.82) is 0 Å². The lowest BCUT2D eigenvalue weighted by Gasteiger charge is -2.37. The molecule has 0 spiro atoms. The summed E-state index contributed by atoms with van der Waals surface area (Å²) in [6.45, 7) is 7.96. The molecule has 8 heteroatoms. The fourth-order valence-corrected chi connectivity index (χ4v) is 3.19. The fourth-order valence-electron chi connectivity index (χ4n) is 3.19. The third-order valence-corrected chi connectivity index (χ3v) is 4.46. The molecule has 2 rings (SSSR count). The average molecular weight is 405 g/mol. The Hall–Kier alpha value is -2.48. The molecular weight excluding hydrogens is 372 g/mol. The van der Waals surface area contributed by atoms with E-state index in [1.165, 1.54) is 6.92 Å². The van der Waals surface area contributed by atoms with Crippen LogP contribution < -0.4 is 15.5 Å². The Labute approximate surface area is 172 Å². The van der Waals surface area contributed by atoms with Crippen LogP contribution in [-0.2, 0) is 27.2 Å². The monoisotopic (exact) mass is 404 g/mol. The van der Waals surface area contributed by atoms with Gasteiger partial charge in [-0.05, 0) is 58.1 Å². The molecule has 0 fully saturated rings. The highest BCUT2D eigenvalue weighted by Crippen LogP contribution is 2.30. The first-order valence-corrected chi connectivity index (χ1v) is 10.1. The van der Waals surface area contributed by atoms with E-state index in [4.69, 9.17) is 9.72 Å². The number of carbonyl (C=O) groups is 3. The van der Waals surface area contributed by atoms with Crippen LogP contribution >= 0.6 is 0 Å². The van der Waals surface area contributed by atoms with Gasteiger partial charge < -0.3 is 14.8 Å². The molecule has 29 heavy (non-hydrogen) atoms. The maximum Gasteiger partial charge on any atom is 0.417 e. The molecule has 0 saturated carbocycles. The molecule has 160 valence electrons. The minimum Gasteiger partial charge on any atom is -0.443 e. The Bertz CT molecular complexity index is 730. The number of fused-ring (bicyclic) bond motifs is 1. The van der Waals surface area contributed by atoms with E-state index in [2.05, 4.69) is 10.6 Å². The maximum atomic E-state index is 13.0. The molecule has 1 atom stereocenters. The number of carbonyl (C=O) groups excluding carboxylic acids is 3. The molecule has 1 aliphatic rings. The molecular formula is C21H32N4O4. The third kappa shape index (κ3) is 7.12. The molecule has 0 radical (unpaired) electrons. The van der Waals surface area contributed by atoms with Crippen LogP contribution in [0.4, 0.5) is 10.6 Å². The van der Waals surface area contributed by atoms with Gasteiger partial charge >= 0.3 is 6.09 Å². The normalized spacial score (nSPS) is 16.1. The number of rotatable bonds is 8. The van der Waals surface area contributed by atoms with Gasteiger partial charge in [0, 0.05) is 32.1 Å². The van der Waals surface area contributed by atoms with Gasteiger partial charge in [0.15, 0.2) is 0 Å². The number of anilines is 1. The fraction of sp³-hybridized carbons (Fsp3) is 0.619. The Morgan fingerprint density at radius 1 is 1.31 bits per heavy atom. The van der Waals surface area contributed by atoms with Crippen molar-refractivity contribution in [3.8, 4) is 0 Å². The van der Waals surface area contributed by atoms with Gasteiger partial charge in [-0.15, -0.1) is 0 Å². The zero-order valence-electron chi connectivity index (χ0n) is 17.8. The number of hydrogen-bond donors (Lipinski definition) is 2. The smallest absolute Gasteiger partial charge is 0.417 e. The largest absolute Gasteiger partial charge is 0.443 e. The Morgan fingerprint density at radius 3 is 2.72 bits per heavy atom. The first-order valence-electron chi connectivity index (χ1n) is 10.1. The van der Waals surface area contributed by atoms with Crippen molar-refractivity contribution >= 4 is 24.1 Å². The van der Waals surface area contributed by atoms with Gasteiger partial charge in [-0.25, -0.2) is 14.7 Å². The number of nitrogens with one attached hydrogen (secondary N) is 2. The number of hydrogen-bond acceptors (Lipinski definition) is 6. The van der Waals surface area contributed by atoms with Crippen molar-refractivity contribution in [2.24, 2.45) is 0 Å². The zero-order valence-corrected chi connectivity index (χ0v) is 17.8. The number of aryl methyl sites for hydroxylation is 2. The molecule has 8 nitrogen and oxygen atoms in total. The van der Waals surface area contributed by atoms with E-state index in [-0.39, 0.29) is 12.1 Å². The van der Waals surface area contributed by atoms with Crippen LogP contribution in [0.5, 0.6) is 0 Å². The van der Waals surface area contributed by atoms with E-state index in [9.17, 15) is 14.4 Å². The molecule has 2 amide bonds. The Balaban J connectivity index is 2.23. The minimum absolute atomic E-state index is 0.0913. The summed E-state index contributed by atoms with van der Waals surface area (Å²) in [6, 6.07) is 3.96. The summed E-state index contributed by atoms with van der Waals surface area (Å²) >= 11 is 0. The van der Waals surface area contributed by atoms with E-state index >= 15 is 0 Å². The van der Waals surface area contributed by atoms with Crippen LogP contribution in [-0.4, -0.2) is 48.1 Å². The summed E-state index contributed by atoms with van der Waals surface area (Å²) in [7, 11) is 0. The summed E-state index contributed by atoms with van der Waals surface area (Å²) in [4.78, 5) is 41.0. The van der Waals surface area contributed by atoms with E-state index in [0.717, 1.165) is 36.8 Å². The van der Waals surface area contributed by atoms with Crippen LogP contribution in [0.25, 0.3) is 0 Å². The van der Waals surface area contributed by atoms with Gasteiger partial charge in [-0.3, -0.25) is 10.1 Å². The Morgan fingerprint density at radius 2 is 2.07 bits per heavy atom. The number of nitrogens with zero attached hydrogens (tertiary/aromatic N) is 2. The second-order valence-electron chi connectivity index (χ2n) is 8.19. The summed E-state index contributed by atoms with van der Waals surface area (Å²) in [5, 5.41) is 6.07. The number of aldehydes is 1. The molecule has 0 aliphatic carbocycles. The van der Waals surface area contributed by atoms with E-state index < -0.39 is 11.7 Å². The SMILES string of the molecule is CC(=O)NCCNC1CCc2ccc(CCCC=O)nc2N1C(=O)OC(C)(C)C. The lowest BCUT2D eigenvalue weighted by molar-refractivity contribution is -0.119. The first kappa shape index (κ1) is 22.8. The topological polar surface area (TPSA) is 101 Å². The lowest BCUT2D eigenvalue weighted by Crippen LogP contribution is -2.54. The molecule has 0 aromatic carbocycles.